The van der Waals surface area contributed by atoms with Crippen LogP contribution < -0.4 is 0 Å². The van der Waals surface area contributed by atoms with E-state index in [9.17, 15) is 14.9 Å². The fraction of sp³-hybridized carbons (Fsp3) is 0.143. The summed E-state index contributed by atoms with van der Waals surface area (Å²) in [6.07, 6.45) is 4.83. The number of hydrogen-bond donors (Lipinski definition) is 1. The van der Waals surface area contributed by atoms with E-state index in [2.05, 4.69) is 4.98 Å². The third-order valence-electron chi connectivity index (χ3n) is 1.38. The Kier molecular flexibility index (Phi) is 2.95. The number of aromatic nitrogens is 2. The average molecular weight is 197 g/mol. The quantitative estimate of drug-likeness (QED) is 0.428. The van der Waals surface area contributed by atoms with E-state index in [4.69, 9.17) is 5.11 Å². The van der Waals surface area contributed by atoms with Crippen LogP contribution in [0.5, 0.6) is 0 Å². The molecule has 0 saturated heterocycles. The van der Waals surface area contributed by atoms with Gasteiger partial charge in [-0.05, 0) is 9.91 Å². The van der Waals surface area contributed by atoms with Crippen molar-refractivity contribution in [1.29, 1.82) is 0 Å². The van der Waals surface area contributed by atoms with E-state index < -0.39 is 10.9 Å². The molecular formula is C7H7N3O4. The molecule has 1 N–H and O–H groups in total. The number of nitrogens with zero attached hydrogens (tertiary/aromatic N) is 3. The monoisotopic (exact) mass is 197 g/mol. The SMILES string of the molecule is O=C(O)C=CCn1cnc([N+](=O)[O-])c1. The number of aliphatic carboxylic acids is 1. The third kappa shape index (κ3) is 2.70. The Balaban J connectivity index is 2.60. The van der Waals surface area contributed by atoms with Crippen LogP contribution >= 0.6 is 0 Å². The predicted octanol–water partition coefficient (Wildman–Crippen LogP) is 0.432. The lowest BCUT2D eigenvalue weighted by Gasteiger charge is -1.90. The van der Waals surface area contributed by atoms with Gasteiger partial charge in [-0.15, -0.1) is 0 Å². The van der Waals surface area contributed by atoms with Gasteiger partial charge in [-0.3, -0.25) is 0 Å². The molecule has 0 atom stereocenters. The summed E-state index contributed by atoms with van der Waals surface area (Å²) in [6, 6.07) is 0. The smallest absolute Gasteiger partial charge is 0.381 e. The van der Waals surface area contributed by atoms with E-state index in [1.54, 1.807) is 0 Å². The normalized spacial score (nSPS) is 10.6. The van der Waals surface area contributed by atoms with Crippen molar-refractivity contribution in [1.82, 2.24) is 9.55 Å². The van der Waals surface area contributed by atoms with Gasteiger partial charge in [0.1, 0.15) is 6.20 Å². The lowest BCUT2D eigenvalue weighted by molar-refractivity contribution is -0.389. The second-order valence-electron chi connectivity index (χ2n) is 2.43. The highest BCUT2D eigenvalue weighted by molar-refractivity contribution is 5.79. The lowest BCUT2D eigenvalue weighted by atomic mass is 10.5. The molecule has 74 valence electrons. The van der Waals surface area contributed by atoms with Crippen molar-refractivity contribution in [3.05, 3.63) is 34.8 Å². The van der Waals surface area contributed by atoms with Gasteiger partial charge in [0.05, 0.1) is 0 Å². The largest absolute Gasteiger partial charge is 0.478 e. The van der Waals surface area contributed by atoms with E-state index in [1.165, 1.54) is 23.2 Å². The first kappa shape index (κ1) is 9.90. The minimum Gasteiger partial charge on any atom is -0.478 e. The van der Waals surface area contributed by atoms with Crippen molar-refractivity contribution in [2.24, 2.45) is 0 Å². The summed E-state index contributed by atoms with van der Waals surface area (Å²) in [5.41, 5.74) is 0. The maximum absolute atomic E-state index is 10.2. The summed E-state index contributed by atoms with van der Waals surface area (Å²) in [4.78, 5) is 23.2. The first-order valence-corrected chi connectivity index (χ1v) is 3.65. The van der Waals surface area contributed by atoms with Crippen molar-refractivity contribution in [3.63, 3.8) is 0 Å². The van der Waals surface area contributed by atoms with Gasteiger partial charge in [-0.2, -0.15) is 0 Å². The fourth-order valence-electron chi connectivity index (χ4n) is 0.818. The average Bonchev–Trinajstić information content (AvgIpc) is 2.52. The second-order valence-corrected chi connectivity index (χ2v) is 2.43. The van der Waals surface area contributed by atoms with Crippen LogP contribution in [0.2, 0.25) is 0 Å². The maximum atomic E-state index is 10.2. The second kappa shape index (κ2) is 4.17. The molecule has 14 heavy (non-hydrogen) atoms. The standard InChI is InChI=1S/C7H7N3O4/c11-7(12)2-1-3-9-4-6(8-5-9)10(13)14/h1-2,4-5H,3H2,(H,11,12). The summed E-state index contributed by atoms with van der Waals surface area (Å²) in [7, 11) is 0. The van der Waals surface area contributed by atoms with Gasteiger partial charge in [0.15, 0.2) is 0 Å². The molecule has 0 radical (unpaired) electrons. The molecule has 0 aromatic carbocycles. The molecule has 0 saturated carbocycles. The fourth-order valence-corrected chi connectivity index (χ4v) is 0.818. The molecule has 0 fully saturated rings. The van der Waals surface area contributed by atoms with Gasteiger partial charge in [0, 0.05) is 12.6 Å². The van der Waals surface area contributed by atoms with Crippen LogP contribution in [0.3, 0.4) is 0 Å². The van der Waals surface area contributed by atoms with E-state index in [0.29, 0.717) is 0 Å². The molecule has 7 nitrogen and oxygen atoms in total. The topological polar surface area (TPSA) is 98.3 Å². The summed E-state index contributed by atoms with van der Waals surface area (Å²) in [5.74, 6) is -1.31. The molecule has 0 aliphatic heterocycles. The highest BCUT2D eigenvalue weighted by atomic mass is 16.6. The molecule has 1 aromatic rings. The minimum atomic E-state index is -1.06. The molecule has 0 aliphatic carbocycles. The molecule has 1 rings (SSSR count). The summed E-state index contributed by atoms with van der Waals surface area (Å²) >= 11 is 0. The molecule has 0 unspecified atom stereocenters. The van der Waals surface area contributed by atoms with Crippen LogP contribution in [0.4, 0.5) is 5.82 Å². The molecule has 0 amide bonds. The van der Waals surface area contributed by atoms with Crippen LogP contribution in [-0.2, 0) is 11.3 Å². The van der Waals surface area contributed by atoms with E-state index in [1.807, 2.05) is 0 Å². The van der Waals surface area contributed by atoms with Gasteiger partial charge in [-0.1, -0.05) is 6.08 Å². The van der Waals surface area contributed by atoms with Gasteiger partial charge >= 0.3 is 11.8 Å². The highest BCUT2D eigenvalue weighted by Crippen LogP contribution is 2.05. The summed E-state index contributed by atoms with van der Waals surface area (Å²) < 4.78 is 1.41. The van der Waals surface area contributed by atoms with Crippen molar-refractivity contribution in [2.45, 2.75) is 6.54 Å². The summed E-state index contributed by atoms with van der Waals surface area (Å²) in [5, 5.41) is 18.5. The number of imidazole rings is 1. The molecule has 0 bridgehead atoms. The number of carbonyl (C=O) groups is 1. The zero-order chi connectivity index (χ0) is 10.6. The Morgan fingerprint density at radius 1 is 1.79 bits per heavy atom. The van der Waals surface area contributed by atoms with Gasteiger partial charge in [-0.25, -0.2) is 4.79 Å². The zero-order valence-corrected chi connectivity index (χ0v) is 7.03. The van der Waals surface area contributed by atoms with Crippen LogP contribution in [0.15, 0.2) is 24.7 Å². The van der Waals surface area contributed by atoms with Crippen LogP contribution in [0, 0.1) is 10.1 Å². The number of carboxylic acids is 1. The van der Waals surface area contributed by atoms with Crippen LogP contribution in [0.25, 0.3) is 0 Å². The first-order chi connectivity index (χ1) is 6.59. The third-order valence-corrected chi connectivity index (χ3v) is 1.38. The number of nitro groups is 1. The molecule has 1 heterocycles. The van der Waals surface area contributed by atoms with Crippen LogP contribution in [0.1, 0.15) is 0 Å². The number of carboxylic acid groups (broad SMARTS) is 1. The van der Waals surface area contributed by atoms with Gasteiger partial charge < -0.3 is 19.8 Å². The van der Waals surface area contributed by atoms with Gasteiger partial charge in [0.25, 0.3) is 0 Å². The van der Waals surface area contributed by atoms with E-state index in [0.717, 1.165) is 6.08 Å². The Morgan fingerprint density at radius 2 is 2.50 bits per heavy atom. The minimum absolute atomic E-state index is 0.243. The molecule has 1 aromatic heterocycles. The van der Waals surface area contributed by atoms with Crippen LogP contribution in [-0.4, -0.2) is 25.6 Å². The highest BCUT2D eigenvalue weighted by Gasteiger charge is 2.08. The van der Waals surface area contributed by atoms with Crippen molar-refractivity contribution in [3.8, 4) is 0 Å². The van der Waals surface area contributed by atoms with E-state index in [-0.39, 0.29) is 12.4 Å². The number of rotatable bonds is 4. The number of hydrogen-bond acceptors (Lipinski definition) is 4. The maximum Gasteiger partial charge on any atom is 0.381 e. The van der Waals surface area contributed by atoms with Crippen molar-refractivity contribution in [2.75, 3.05) is 0 Å². The molecule has 7 heteroatoms. The lowest BCUT2D eigenvalue weighted by Crippen LogP contribution is -1.93. The summed E-state index contributed by atoms with van der Waals surface area (Å²) in [6.45, 7) is 0.243. The van der Waals surface area contributed by atoms with Gasteiger partial charge in [0.2, 0.25) is 6.33 Å². The first-order valence-electron chi connectivity index (χ1n) is 3.65. The van der Waals surface area contributed by atoms with Crippen molar-refractivity contribution >= 4 is 11.8 Å². The Morgan fingerprint density at radius 3 is 3.00 bits per heavy atom. The zero-order valence-electron chi connectivity index (χ0n) is 7.03. The Hall–Kier alpha value is -2.18. The molecular weight excluding hydrogens is 190 g/mol. The Labute approximate surface area is 78.4 Å². The Bertz CT molecular complexity index is 382. The number of allylic oxidation sites excluding steroid dienone is 1. The van der Waals surface area contributed by atoms with E-state index >= 15 is 0 Å². The molecule has 0 aliphatic rings. The van der Waals surface area contributed by atoms with Crippen molar-refractivity contribution < 1.29 is 14.8 Å². The molecule has 0 spiro atoms. The predicted molar refractivity (Wildman–Crippen MR) is 45.7 cm³/mol.